The van der Waals surface area contributed by atoms with Gasteiger partial charge in [-0.25, -0.2) is 0 Å². The molecule has 106 valence electrons. The first-order valence-electron chi connectivity index (χ1n) is 6.03. The van der Waals surface area contributed by atoms with Crippen molar-refractivity contribution < 1.29 is 23.4 Å². The minimum absolute atomic E-state index is 0.0714. The van der Waals surface area contributed by atoms with Gasteiger partial charge < -0.3 is 15.2 Å². The second kappa shape index (κ2) is 8.42. The molecule has 1 amide bonds. The number of carbonyl (C=O) groups excluding carboxylic acids is 1. The van der Waals surface area contributed by atoms with E-state index in [1.807, 2.05) is 0 Å². The van der Waals surface area contributed by atoms with Crippen molar-refractivity contribution in [1.29, 1.82) is 0 Å². The van der Waals surface area contributed by atoms with Crippen LogP contribution in [0.3, 0.4) is 0 Å². The number of hydrogen-bond acceptors (Lipinski definition) is 3. The summed E-state index contributed by atoms with van der Waals surface area (Å²) in [7, 11) is 0. The first kappa shape index (κ1) is 15.4. The Morgan fingerprint density at radius 2 is 1.95 bits per heavy atom. The SMILES string of the molecule is O=C(Cc1ccc(OC(F)F)cc1)NCCCCO. The number of ether oxygens (including phenoxy) is 1. The molecule has 0 aromatic heterocycles. The molecule has 0 aliphatic carbocycles. The van der Waals surface area contributed by atoms with Gasteiger partial charge in [0.25, 0.3) is 0 Å². The molecule has 0 heterocycles. The van der Waals surface area contributed by atoms with Crippen LogP contribution in [0.4, 0.5) is 8.78 Å². The largest absolute Gasteiger partial charge is 0.435 e. The van der Waals surface area contributed by atoms with Gasteiger partial charge >= 0.3 is 6.61 Å². The fraction of sp³-hybridized carbons (Fsp3) is 0.462. The molecule has 0 aliphatic heterocycles. The van der Waals surface area contributed by atoms with Crippen molar-refractivity contribution in [3.05, 3.63) is 29.8 Å². The Hall–Kier alpha value is -1.69. The second-order valence-electron chi connectivity index (χ2n) is 3.98. The molecule has 0 spiro atoms. The summed E-state index contributed by atoms with van der Waals surface area (Å²) in [6, 6.07) is 5.96. The quantitative estimate of drug-likeness (QED) is 0.709. The van der Waals surface area contributed by atoms with Crippen molar-refractivity contribution in [2.45, 2.75) is 25.9 Å². The molecule has 2 N–H and O–H groups in total. The molecule has 0 saturated carbocycles. The van der Waals surface area contributed by atoms with E-state index in [0.717, 1.165) is 12.0 Å². The lowest BCUT2D eigenvalue weighted by Gasteiger charge is -2.06. The van der Waals surface area contributed by atoms with Crippen LogP contribution in [-0.4, -0.2) is 30.8 Å². The van der Waals surface area contributed by atoms with Gasteiger partial charge in [-0.1, -0.05) is 12.1 Å². The number of unbranched alkanes of at least 4 members (excludes halogenated alkanes) is 1. The first-order valence-corrected chi connectivity index (χ1v) is 6.03. The van der Waals surface area contributed by atoms with Crippen LogP contribution < -0.4 is 10.1 Å². The molecular weight excluding hydrogens is 256 g/mol. The number of alkyl halides is 2. The predicted octanol–water partition coefficient (Wildman–Crippen LogP) is 1.72. The number of halogens is 2. The van der Waals surface area contributed by atoms with E-state index in [1.165, 1.54) is 12.1 Å². The molecule has 19 heavy (non-hydrogen) atoms. The molecular formula is C13H17F2NO3. The highest BCUT2D eigenvalue weighted by Crippen LogP contribution is 2.15. The van der Waals surface area contributed by atoms with Crippen molar-refractivity contribution in [3.8, 4) is 5.75 Å². The topological polar surface area (TPSA) is 58.6 Å². The standard InChI is InChI=1S/C13H17F2NO3/c14-13(15)19-11-5-3-10(4-6-11)9-12(18)16-7-1-2-8-17/h3-6,13,17H,1-2,7-9H2,(H,16,18). The van der Waals surface area contributed by atoms with Crippen molar-refractivity contribution in [2.75, 3.05) is 13.2 Å². The van der Waals surface area contributed by atoms with Crippen molar-refractivity contribution >= 4 is 5.91 Å². The van der Waals surface area contributed by atoms with E-state index in [1.54, 1.807) is 12.1 Å². The minimum atomic E-state index is -2.85. The Morgan fingerprint density at radius 3 is 2.53 bits per heavy atom. The zero-order chi connectivity index (χ0) is 14.1. The summed E-state index contributed by atoms with van der Waals surface area (Å²) in [6.45, 7) is -2.21. The molecule has 6 heteroatoms. The third-order valence-electron chi connectivity index (χ3n) is 2.42. The number of carbonyl (C=O) groups is 1. The van der Waals surface area contributed by atoms with E-state index < -0.39 is 6.61 Å². The van der Waals surface area contributed by atoms with Crippen LogP contribution in [0.1, 0.15) is 18.4 Å². The number of hydrogen-bond donors (Lipinski definition) is 2. The van der Waals surface area contributed by atoms with Gasteiger partial charge in [-0.3, -0.25) is 4.79 Å². The summed E-state index contributed by atoms with van der Waals surface area (Å²) in [5.74, 6) is -0.0671. The molecule has 0 saturated heterocycles. The highest BCUT2D eigenvalue weighted by molar-refractivity contribution is 5.78. The van der Waals surface area contributed by atoms with Crippen LogP contribution in [0.25, 0.3) is 0 Å². The molecule has 0 atom stereocenters. The first-order chi connectivity index (χ1) is 9.11. The van der Waals surface area contributed by atoms with Crippen molar-refractivity contribution in [2.24, 2.45) is 0 Å². The summed E-state index contributed by atoms with van der Waals surface area (Å²) < 4.78 is 28.1. The third-order valence-corrected chi connectivity index (χ3v) is 2.42. The van der Waals surface area contributed by atoms with Gasteiger partial charge in [0, 0.05) is 13.2 Å². The molecule has 1 rings (SSSR count). The Labute approximate surface area is 110 Å². The van der Waals surface area contributed by atoms with Gasteiger partial charge in [-0.15, -0.1) is 0 Å². The van der Waals surface area contributed by atoms with Crippen LogP contribution >= 0.6 is 0 Å². The highest BCUT2D eigenvalue weighted by atomic mass is 19.3. The Morgan fingerprint density at radius 1 is 1.26 bits per heavy atom. The maximum atomic E-state index is 11.9. The fourth-order valence-electron chi connectivity index (χ4n) is 1.50. The summed E-state index contributed by atoms with van der Waals surface area (Å²) in [4.78, 5) is 11.5. The second-order valence-corrected chi connectivity index (χ2v) is 3.98. The summed E-state index contributed by atoms with van der Waals surface area (Å²) in [5, 5.41) is 11.3. The Kier molecular flexibility index (Phi) is 6.81. The van der Waals surface area contributed by atoms with Crippen LogP contribution in [0.2, 0.25) is 0 Å². The van der Waals surface area contributed by atoms with Gasteiger partial charge in [0.2, 0.25) is 5.91 Å². The molecule has 0 bridgehead atoms. The molecule has 1 aromatic carbocycles. The minimum Gasteiger partial charge on any atom is -0.435 e. The van der Waals surface area contributed by atoms with Crippen LogP contribution in [0.15, 0.2) is 24.3 Å². The predicted molar refractivity (Wildman–Crippen MR) is 66.1 cm³/mol. The fourth-order valence-corrected chi connectivity index (χ4v) is 1.50. The Bertz CT molecular complexity index is 382. The van der Waals surface area contributed by atoms with Crippen LogP contribution in [0.5, 0.6) is 5.75 Å². The summed E-state index contributed by atoms with van der Waals surface area (Å²) >= 11 is 0. The van der Waals surface area contributed by atoms with E-state index in [-0.39, 0.29) is 24.7 Å². The maximum absolute atomic E-state index is 11.9. The monoisotopic (exact) mass is 273 g/mol. The van der Waals surface area contributed by atoms with E-state index in [2.05, 4.69) is 10.1 Å². The summed E-state index contributed by atoms with van der Waals surface area (Å²) in [5.41, 5.74) is 0.723. The Balaban J connectivity index is 2.34. The van der Waals surface area contributed by atoms with Crippen LogP contribution in [0, 0.1) is 0 Å². The zero-order valence-corrected chi connectivity index (χ0v) is 10.4. The van der Waals surface area contributed by atoms with Gasteiger partial charge in [0.05, 0.1) is 6.42 Å². The van der Waals surface area contributed by atoms with Gasteiger partial charge in [0.15, 0.2) is 0 Å². The van der Waals surface area contributed by atoms with Gasteiger partial charge in [-0.2, -0.15) is 8.78 Å². The van der Waals surface area contributed by atoms with Crippen molar-refractivity contribution in [1.82, 2.24) is 5.32 Å². The number of amides is 1. The van der Waals surface area contributed by atoms with E-state index in [9.17, 15) is 13.6 Å². The number of aliphatic hydroxyl groups excluding tert-OH is 1. The molecule has 0 fully saturated rings. The van der Waals surface area contributed by atoms with E-state index in [0.29, 0.717) is 13.0 Å². The number of nitrogens with one attached hydrogen (secondary N) is 1. The number of rotatable bonds is 8. The van der Waals surface area contributed by atoms with Crippen molar-refractivity contribution in [3.63, 3.8) is 0 Å². The van der Waals surface area contributed by atoms with Crippen LogP contribution in [-0.2, 0) is 11.2 Å². The lowest BCUT2D eigenvalue weighted by molar-refractivity contribution is -0.120. The number of benzene rings is 1. The highest BCUT2D eigenvalue weighted by Gasteiger charge is 2.06. The molecule has 0 aliphatic rings. The molecule has 4 nitrogen and oxygen atoms in total. The molecule has 0 radical (unpaired) electrons. The van der Waals surface area contributed by atoms with Gasteiger partial charge in [0.1, 0.15) is 5.75 Å². The normalized spacial score (nSPS) is 10.5. The average Bonchev–Trinajstić information content (AvgIpc) is 2.36. The maximum Gasteiger partial charge on any atom is 0.387 e. The molecule has 0 unspecified atom stereocenters. The average molecular weight is 273 g/mol. The lowest BCUT2D eigenvalue weighted by atomic mass is 10.1. The third kappa shape index (κ3) is 6.71. The molecule has 1 aromatic rings. The lowest BCUT2D eigenvalue weighted by Crippen LogP contribution is -2.26. The smallest absolute Gasteiger partial charge is 0.387 e. The zero-order valence-electron chi connectivity index (χ0n) is 10.4. The number of aliphatic hydroxyl groups is 1. The summed E-state index contributed by atoms with van der Waals surface area (Å²) in [6.07, 6.45) is 1.57. The van der Waals surface area contributed by atoms with E-state index >= 15 is 0 Å². The van der Waals surface area contributed by atoms with Gasteiger partial charge in [-0.05, 0) is 30.5 Å². The van der Waals surface area contributed by atoms with E-state index in [4.69, 9.17) is 5.11 Å².